The summed E-state index contributed by atoms with van der Waals surface area (Å²) < 4.78 is 6.92. The Balaban J connectivity index is 1.87. The van der Waals surface area contributed by atoms with Crippen LogP contribution in [0.2, 0.25) is 0 Å². The summed E-state index contributed by atoms with van der Waals surface area (Å²) in [5, 5.41) is 13.2. The molecule has 2 aromatic heterocycles. The number of pyridine rings is 1. The molecule has 0 bridgehead atoms. The quantitative estimate of drug-likeness (QED) is 0.788. The Bertz CT molecular complexity index is 771. The van der Waals surface area contributed by atoms with Gasteiger partial charge in [-0.2, -0.15) is 4.98 Å². The van der Waals surface area contributed by atoms with Crippen LogP contribution in [0.3, 0.4) is 0 Å². The number of hydrogen-bond acceptors (Lipinski definition) is 5. The van der Waals surface area contributed by atoms with Crippen LogP contribution in [0, 0.1) is 0 Å². The van der Waals surface area contributed by atoms with E-state index in [-0.39, 0.29) is 17.3 Å². The van der Waals surface area contributed by atoms with Crippen LogP contribution in [0.5, 0.6) is 11.8 Å². The Kier molecular flexibility index (Phi) is 3.30. The lowest BCUT2D eigenvalue weighted by atomic mass is 10.2. The predicted octanol–water partition coefficient (Wildman–Crippen LogP) is 2.15. The molecule has 7 nitrogen and oxygen atoms in total. The fraction of sp³-hybridized carbons (Fsp3) is 0. The molecule has 3 aromatic rings. The van der Waals surface area contributed by atoms with Crippen molar-refractivity contribution in [3.8, 4) is 17.4 Å². The smallest absolute Gasteiger partial charge is 0.341 e. The fourth-order valence-electron chi connectivity index (χ4n) is 1.74. The van der Waals surface area contributed by atoms with E-state index >= 15 is 0 Å². The number of carbonyl (C=O) groups is 1. The van der Waals surface area contributed by atoms with Gasteiger partial charge in [-0.15, -0.1) is 5.10 Å². The van der Waals surface area contributed by atoms with Gasteiger partial charge in [-0.05, 0) is 18.2 Å². The molecule has 0 unspecified atom stereocenters. The average molecular weight is 282 g/mol. The van der Waals surface area contributed by atoms with Crippen LogP contribution in [0.1, 0.15) is 10.4 Å². The number of para-hydroxylation sites is 1. The molecule has 104 valence electrons. The molecule has 0 saturated heterocycles. The van der Waals surface area contributed by atoms with Crippen LogP contribution in [-0.4, -0.2) is 30.8 Å². The van der Waals surface area contributed by atoms with Crippen LogP contribution in [0.4, 0.5) is 0 Å². The van der Waals surface area contributed by atoms with Crippen molar-refractivity contribution in [1.29, 1.82) is 0 Å². The van der Waals surface area contributed by atoms with Gasteiger partial charge in [-0.25, -0.2) is 9.48 Å². The van der Waals surface area contributed by atoms with Crippen LogP contribution in [0.25, 0.3) is 5.69 Å². The maximum atomic E-state index is 11.1. The molecule has 0 aliphatic rings. The number of hydrogen-bond donors (Lipinski definition) is 1. The SMILES string of the molecule is O=C(O)c1ccncc1Oc1ncn(-c2ccccc2)n1. The van der Waals surface area contributed by atoms with Crippen LogP contribution < -0.4 is 4.74 Å². The van der Waals surface area contributed by atoms with Crippen molar-refractivity contribution in [2.24, 2.45) is 0 Å². The van der Waals surface area contributed by atoms with Crippen molar-refractivity contribution in [2.45, 2.75) is 0 Å². The van der Waals surface area contributed by atoms with Crippen molar-refractivity contribution >= 4 is 5.97 Å². The maximum absolute atomic E-state index is 11.1. The van der Waals surface area contributed by atoms with E-state index in [1.807, 2.05) is 30.3 Å². The third-order valence-electron chi connectivity index (χ3n) is 2.71. The Hall–Kier alpha value is -3.22. The number of rotatable bonds is 4. The summed E-state index contributed by atoms with van der Waals surface area (Å²) >= 11 is 0. The van der Waals surface area contributed by atoms with E-state index in [0.717, 1.165) is 5.69 Å². The van der Waals surface area contributed by atoms with Gasteiger partial charge in [0.1, 0.15) is 11.9 Å². The van der Waals surface area contributed by atoms with Crippen LogP contribution in [0.15, 0.2) is 55.1 Å². The molecule has 21 heavy (non-hydrogen) atoms. The molecule has 1 N–H and O–H groups in total. The van der Waals surface area contributed by atoms with E-state index in [2.05, 4.69) is 15.1 Å². The highest BCUT2D eigenvalue weighted by molar-refractivity contribution is 5.90. The highest BCUT2D eigenvalue weighted by atomic mass is 16.5. The summed E-state index contributed by atoms with van der Waals surface area (Å²) in [5.41, 5.74) is 0.825. The van der Waals surface area contributed by atoms with E-state index in [9.17, 15) is 4.79 Å². The van der Waals surface area contributed by atoms with Gasteiger partial charge < -0.3 is 9.84 Å². The van der Waals surface area contributed by atoms with Crippen molar-refractivity contribution in [3.05, 3.63) is 60.7 Å². The van der Waals surface area contributed by atoms with Gasteiger partial charge in [0.25, 0.3) is 0 Å². The summed E-state index contributed by atoms with van der Waals surface area (Å²) in [6.07, 6.45) is 4.18. The van der Waals surface area contributed by atoms with Gasteiger partial charge in [0, 0.05) is 6.20 Å². The van der Waals surface area contributed by atoms with Crippen LogP contribution >= 0.6 is 0 Å². The number of carboxylic acids is 1. The molecule has 0 aliphatic carbocycles. The Morgan fingerprint density at radius 3 is 2.76 bits per heavy atom. The summed E-state index contributed by atoms with van der Waals surface area (Å²) in [7, 11) is 0. The lowest BCUT2D eigenvalue weighted by Crippen LogP contribution is -2.01. The molecule has 0 amide bonds. The zero-order valence-electron chi connectivity index (χ0n) is 10.7. The lowest BCUT2D eigenvalue weighted by molar-refractivity contribution is 0.0694. The highest BCUT2D eigenvalue weighted by Gasteiger charge is 2.13. The maximum Gasteiger partial charge on any atom is 0.341 e. The topological polar surface area (TPSA) is 90.1 Å². The van der Waals surface area contributed by atoms with Crippen molar-refractivity contribution in [2.75, 3.05) is 0 Å². The summed E-state index contributed by atoms with van der Waals surface area (Å²) in [6, 6.07) is 10.8. The third-order valence-corrected chi connectivity index (χ3v) is 2.71. The van der Waals surface area contributed by atoms with E-state index in [4.69, 9.17) is 9.84 Å². The molecular weight excluding hydrogens is 272 g/mol. The van der Waals surface area contributed by atoms with E-state index < -0.39 is 5.97 Å². The summed E-state index contributed by atoms with van der Waals surface area (Å²) in [6.45, 7) is 0. The second-order valence-corrected chi connectivity index (χ2v) is 4.09. The molecule has 0 aliphatic heterocycles. The monoisotopic (exact) mass is 282 g/mol. The first kappa shape index (κ1) is 12.8. The first-order chi connectivity index (χ1) is 10.2. The van der Waals surface area contributed by atoms with Crippen molar-refractivity contribution in [1.82, 2.24) is 19.7 Å². The Morgan fingerprint density at radius 2 is 2.00 bits per heavy atom. The third kappa shape index (κ3) is 2.71. The predicted molar refractivity (Wildman–Crippen MR) is 72.6 cm³/mol. The molecule has 7 heteroatoms. The lowest BCUT2D eigenvalue weighted by Gasteiger charge is -2.03. The molecule has 0 radical (unpaired) electrons. The number of benzene rings is 1. The van der Waals surface area contributed by atoms with Crippen molar-refractivity contribution < 1.29 is 14.6 Å². The summed E-state index contributed by atoms with van der Waals surface area (Å²) in [5.74, 6) is -1.01. The zero-order chi connectivity index (χ0) is 14.7. The fourth-order valence-corrected chi connectivity index (χ4v) is 1.74. The van der Waals surface area contributed by atoms with Gasteiger partial charge in [-0.3, -0.25) is 4.98 Å². The molecule has 0 spiro atoms. The van der Waals surface area contributed by atoms with Gasteiger partial charge in [0.2, 0.25) is 0 Å². The van der Waals surface area contributed by atoms with E-state index in [1.165, 1.54) is 29.5 Å². The number of ether oxygens (including phenoxy) is 1. The largest absolute Gasteiger partial charge is 0.478 e. The first-order valence-corrected chi connectivity index (χ1v) is 6.06. The molecule has 0 atom stereocenters. The van der Waals surface area contributed by atoms with Crippen molar-refractivity contribution in [3.63, 3.8) is 0 Å². The Labute approximate surface area is 119 Å². The number of nitrogens with zero attached hydrogens (tertiary/aromatic N) is 4. The van der Waals surface area contributed by atoms with Gasteiger partial charge >= 0.3 is 12.0 Å². The molecule has 1 aromatic carbocycles. The molecule has 0 saturated carbocycles. The standard InChI is InChI=1S/C14H10N4O3/c19-13(20)11-6-7-15-8-12(11)21-14-16-9-18(17-14)10-4-2-1-3-5-10/h1-9H,(H,19,20). The van der Waals surface area contributed by atoms with Gasteiger partial charge in [0.05, 0.1) is 11.9 Å². The molecule has 3 rings (SSSR count). The van der Waals surface area contributed by atoms with Gasteiger partial charge in [0.15, 0.2) is 5.75 Å². The second-order valence-electron chi connectivity index (χ2n) is 4.09. The minimum atomic E-state index is -1.10. The van der Waals surface area contributed by atoms with E-state index in [0.29, 0.717) is 0 Å². The molecule has 0 fully saturated rings. The highest BCUT2D eigenvalue weighted by Crippen LogP contribution is 2.21. The van der Waals surface area contributed by atoms with Crippen LogP contribution in [-0.2, 0) is 0 Å². The average Bonchev–Trinajstić information content (AvgIpc) is 2.97. The summed E-state index contributed by atoms with van der Waals surface area (Å²) in [4.78, 5) is 18.9. The minimum Gasteiger partial charge on any atom is -0.478 e. The number of carboxylic acid groups (broad SMARTS) is 1. The Morgan fingerprint density at radius 1 is 1.19 bits per heavy atom. The number of aromatic nitrogens is 4. The van der Waals surface area contributed by atoms with E-state index in [1.54, 1.807) is 0 Å². The normalized spacial score (nSPS) is 10.3. The minimum absolute atomic E-state index is 0.000983. The zero-order valence-corrected chi connectivity index (χ0v) is 10.7. The first-order valence-electron chi connectivity index (χ1n) is 6.06. The number of aromatic carboxylic acids is 1. The molecule has 2 heterocycles. The second kappa shape index (κ2) is 5.41. The van der Waals surface area contributed by atoms with Gasteiger partial charge in [-0.1, -0.05) is 18.2 Å². The molecular formula is C14H10N4O3.